The number of rotatable bonds is 6. The summed E-state index contributed by atoms with van der Waals surface area (Å²) in [5, 5.41) is 3.68. The highest BCUT2D eigenvalue weighted by molar-refractivity contribution is 9.10. The number of likely N-dealkylation sites (tertiary alicyclic amines) is 1. The molecular formula is C30H26BrN3O6S2. The highest BCUT2D eigenvalue weighted by Crippen LogP contribution is 2.68. The molecule has 1 aromatic heterocycles. The fourth-order valence-electron chi connectivity index (χ4n) is 7.56. The molecule has 3 fully saturated rings. The van der Waals surface area contributed by atoms with Crippen molar-refractivity contribution in [3.63, 3.8) is 0 Å². The molecule has 3 aromatic rings. The largest absolute Gasteiger partial charge is 0.462 e. The SMILES string of the molecule is CCOC(=O)c1ccc(NC(=O)CN2C(=O)C3C4CC(C3C2=O)C2C4Sc3[nH]c(=O)sc3[C@@H]2c2cccc(Br)c2)cc1. The monoisotopic (exact) mass is 667 g/mol. The van der Waals surface area contributed by atoms with Gasteiger partial charge >= 0.3 is 10.8 Å². The minimum atomic E-state index is -0.480. The number of imide groups is 1. The summed E-state index contributed by atoms with van der Waals surface area (Å²) in [6.45, 7) is 1.63. The number of hydrogen-bond donors (Lipinski definition) is 2. The Hall–Kier alpha value is -3.22. The van der Waals surface area contributed by atoms with Crippen molar-refractivity contribution in [1.82, 2.24) is 9.88 Å². The van der Waals surface area contributed by atoms with E-state index in [1.165, 1.54) is 11.3 Å². The molecule has 4 aliphatic rings. The number of halogens is 1. The van der Waals surface area contributed by atoms with Gasteiger partial charge in [-0.3, -0.25) is 24.1 Å². The van der Waals surface area contributed by atoms with E-state index in [9.17, 15) is 24.0 Å². The molecule has 42 heavy (non-hydrogen) atoms. The van der Waals surface area contributed by atoms with E-state index >= 15 is 0 Å². The molecule has 3 heterocycles. The number of anilines is 1. The van der Waals surface area contributed by atoms with Crippen LogP contribution in [0.5, 0.6) is 0 Å². The molecule has 9 nitrogen and oxygen atoms in total. The van der Waals surface area contributed by atoms with E-state index in [1.807, 2.05) is 12.1 Å². The molecule has 216 valence electrons. The quantitative estimate of drug-likeness (QED) is 0.293. The Morgan fingerprint density at radius 2 is 1.81 bits per heavy atom. The first kappa shape index (κ1) is 27.6. The number of aromatic amines is 1. The highest BCUT2D eigenvalue weighted by Gasteiger charge is 2.69. The van der Waals surface area contributed by atoms with Crippen LogP contribution in [0.25, 0.3) is 0 Å². The van der Waals surface area contributed by atoms with Gasteiger partial charge in [-0.2, -0.15) is 0 Å². The molecule has 6 unspecified atom stereocenters. The summed E-state index contributed by atoms with van der Waals surface area (Å²) in [5.41, 5.74) is 1.90. The van der Waals surface area contributed by atoms with Crippen LogP contribution in [0, 0.1) is 29.6 Å². The maximum Gasteiger partial charge on any atom is 0.338 e. The highest BCUT2D eigenvalue weighted by atomic mass is 79.9. The van der Waals surface area contributed by atoms with Crippen LogP contribution in [-0.4, -0.2) is 52.0 Å². The minimum Gasteiger partial charge on any atom is -0.462 e. The summed E-state index contributed by atoms with van der Waals surface area (Å²) >= 11 is 6.45. The Balaban J connectivity index is 1.12. The van der Waals surface area contributed by atoms with Crippen molar-refractivity contribution in [2.24, 2.45) is 29.6 Å². The normalized spacial score (nSPS) is 28.8. The Morgan fingerprint density at radius 3 is 2.52 bits per heavy atom. The third-order valence-electron chi connectivity index (χ3n) is 9.00. The van der Waals surface area contributed by atoms with E-state index in [2.05, 4.69) is 38.4 Å². The lowest BCUT2D eigenvalue weighted by molar-refractivity contribution is -0.143. The second kappa shape index (κ2) is 10.5. The summed E-state index contributed by atoms with van der Waals surface area (Å²) in [7, 11) is 0. The Bertz CT molecular complexity index is 1690. The third-order valence-corrected chi connectivity index (χ3v) is 12.1. The van der Waals surface area contributed by atoms with Crippen molar-refractivity contribution in [1.29, 1.82) is 0 Å². The van der Waals surface area contributed by atoms with E-state index < -0.39 is 23.7 Å². The first-order chi connectivity index (χ1) is 20.2. The van der Waals surface area contributed by atoms with Gasteiger partial charge in [-0.25, -0.2) is 4.79 Å². The van der Waals surface area contributed by atoms with Gasteiger partial charge < -0.3 is 15.0 Å². The van der Waals surface area contributed by atoms with Gasteiger partial charge in [-0.15, -0.1) is 11.8 Å². The van der Waals surface area contributed by atoms with Crippen molar-refractivity contribution < 1.29 is 23.9 Å². The van der Waals surface area contributed by atoms with Gasteiger partial charge in [0.05, 0.1) is 29.0 Å². The average molecular weight is 669 g/mol. The number of thiazole rings is 1. The number of H-pyrrole nitrogens is 1. The van der Waals surface area contributed by atoms with Crippen LogP contribution in [0.3, 0.4) is 0 Å². The predicted molar refractivity (Wildman–Crippen MR) is 160 cm³/mol. The first-order valence-corrected chi connectivity index (χ1v) is 16.3. The molecule has 0 spiro atoms. The lowest BCUT2D eigenvalue weighted by Crippen LogP contribution is -2.42. The third kappa shape index (κ3) is 4.37. The van der Waals surface area contributed by atoms with Crippen molar-refractivity contribution in [2.45, 2.75) is 29.5 Å². The van der Waals surface area contributed by atoms with Crippen LogP contribution in [-0.2, 0) is 19.1 Å². The van der Waals surface area contributed by atoms with Crippen molar-refractivity contribution in [3.05, 3.63) is 78.7 Å². The molecule has 2 aliphatic carbocycles. The zero-order chi connectivity index (χ0) is 29.3. The van der Waals surface area contributed by atoms with Crippen LogP contribution in [0.15, 0.2) is 62.8 Å². The zero-order valence-electron chi connectivity index (χ0n) is 22.4. The van der Waals surface area contributed by atoms with Gasteiger partial charge in [0.15, 0.2) is 0 Å². The van der Waals surface area contributed by atoms with E-state index in [0.717, 1.165) is 31.3 Å². The smallest absolute Gasteiger partial charge is 0.338 e. The lowest BCUT2D eigenvalue weighted by Gasteiger charge is -2.43. The standard InChI is InChI=1S/C30H26BrN3O6S2/c1-2-40-29(38)13-6-8-16(9-7-13)32-19(35)12-34-27(36)22-17-11-18(23(22)28(34)37)24-21(17)20(14-4-3-5-15(31)10-14)25-26(41-24)33-30(39)42-25/h3-10,17-18,20-24H,2,11-12H2,1H3,(H,32,35)(H,33,39)/t17?,18?,20-,21?,22?,23?,24?/m1/s1. The topological polar surface area (TPSA) is 126 Å². The van der Waals surface area contributed by atoms with Crippen molar-refractivity contribution >= 4 is 68.4 Å². The van der Waals surface area contributed by atoms with E-state index in [0.29, 0.717) is 11.3 Å². The summed E-state index contributed by atoms with van der Waals surface area (Å²) in [6, 6.07) is 14.4. The van der Waals surface area contributed by atoms with Gasteiger partial charge in [-0.05, 0) is 73.1 Å². The number of amides is 3. The number of benzene rings is 2. The maximum atomic E-state index is 13.8. The summed E-state index contributed by atoms with van der Waals surface area (Å²) in [5.74, 6) is -2.41. The molecular weight excluding hydrogens is 642 g/mol. The fraction of sp³-hybridized carbons (Fsp3) is 0.367. The zero-order valence-corrected chi connectivity index (χ0v) is 25.6. The number of nitrogens with one attached hydrogen (secondary N) is 2. The van der Waals surface area contributed by atoms with E-state index in [1.54, 1.807) is 43.0 Å². The van der Waals surface area contributed by atoms with Gasteiger partial charge in [0.25, 0.3) is 0 Å². The number of nitrogens with zero attached hydrogens (tertiary/aromatic N) is 1. The Morgan fingerprint density at radius 1 is 1.07 bits per heavy atom. The number of carbonyl (C=O) groups excluding carboxylic acids is 4. The molecule has 1 saturated heterocycles. The van der Waals surface area contributed by atoms with Gasteiger partial charge in [0, 0.05) is 26.2 Å². The van der Waals surface area contributed by atoms with Crippen LogP contribution >= 0.6 is 39.0 Å². The summed E-state index contributed by atoms with van der Waals surface area (Å²) in [4.78, 5) is 69.8. The molecule has 0 radical (unpaired) electrons. The number of carbonyl (C=O) groups is 4. The van der Waals surface area contributed by atoms with Crippen LogP contribution in [0.2, 0.25) is 0 Å². The number of thioether (sulfide) groups is 1. The molecule has 2 aromatic carbocycles. The van der Waals surface area contributed by atoms with Gasteiger partial charge in [0.2, 0.25) is 17.7 Å². The molecule has 7 atom stereocenters. The van der Waals surface area contributed by atoms with Crippen LogP contribution < -0.4 is 10.2 Å². The molecule has 2 bridgehead atoms. The molecule has 7 rings (SSSR count). The predicted octanol–water partition coefficient (Wildman–Crippen LogP) is 4.49. The second-order valence-electron chi connectivity index (χ2n) is 11.1. The molecule has 2 aliphatic heterocycles. The number of aromatic nitrogens is 1. The second-order valence-corrected chi connectivity index (χ2v) is 14.2. The lowest BCUT2D eigenvalue weighted by atomic mass is 9.68. The number of fused-ring (bicyclic) bond motifs is 9. The van der Waals surface area contributed by atoms with Gasteiger partial charge in [0.1, 0.15) is 6.54 Å². The Labute approximate surface area is 257 Å². The fourth-order valence-corrected chi connectivity index (χ4v) is 10.9. The van der Waals surface area contributed by atoms with Gasteiger partial charge in [-0.1, -0.05) is 39.4 Å². The molecule has 3 amide bonds. The number of esters is 1. The molecule has 12 heteroatoms. The van der Waals surface area contributed by atoms with Crippen molar-refractivity contribution in [3.8, 4) is 0 Å². The van der Waals surface area contributed by atoms with Crippen LogP contribution in [0.1, 0.15) is 40.1 Å². The number of ether oxygens (including phenoxy) is 1. The van der Waals surface area contributed by atoms with Crippen molar-refractivity contribution in [2.75, 3.05) is 18.5 Å². The average Bonchev–Trinajstić information content (AvgIpc) is 3.69. The molecule has 2 saturated carbocycles. The number of hydrogen-bond acceptors (Lipinski definition) is 8. The summed E-state index contributed by atoms with van der Waals surface area (Å²) in [6.07, 6.45) is 0.783. The first-order valence-electron chi connectivity index (χ1n) is 13.8. The molecule has 2 N–H and O–H groups in total. The van der Waals surface area contributed by atoms with E-state index in [-0.39, 0.29) is 58.8 Å². The summed E-state index contributed by atoms with van der Waals surface area (Å²) < 4.78 is 5.93. The minimum absolute atomic E-state index is 0.0128. The Kier molecular flexibility index (Phi) is 6.90. The van der Waals surface area contributed by atoms with Crippen LogP contribution in [0.4, 0.5) is 5.69 Å². The van der Waals surface area contributed by atoms with E-state index in [4.69, 9.17) is 4.74 Å². The maximum absolute atomic E-state index is 13.8.